The maximum Gasteiger partial charge on any atom is 0.338 e. The lowest BCUT2D eigenvalue weighted by Gasteiger charge is -2.26. The van der Waals surface area contributed by atoms with Gasteiger partial charge in [-0.25, -0.2) is 4.79 Å². The standard InChI is InChI=1S/C16H24N2O2/c1-20-16(19)15-8-4-3-7-14(15)13-17-9-12-18-10-5-2-6-11-18/h3-4,7-8,17H,2,5-6,9-13H2,1H3. The second-order valence-electron chi connectivity index (χ2n) is 5.23. The second kappa shape index (κ2) is 8.02. The molecule has 1 aromatic rings. The first-order chi connectivity index (χ1) is 9.81. The average Bonchev–Trinajstić information content (AvgIpc) is 2.52. The summed E-state index contributed by atoms with van der Waals surface area (Å²) in [4.78, 5) is 14.2. The van der Waals surface area contributed by atoms with Crippen LogP contribution in [0.25, 0.3) is 0 Å². The molecule has 0 amide bonds. The van der Waals surface area contributed by atoms with Crippen LogP contribution in [0.5, 0.6) is 0 Å². The van der Waals surface area contributed by atoms with Crippen molar-refractivity contribution in [1.29, 1.82) is 0 Å². The van der Waals surface area contributed by atoms with Gasteiger partial charge in [-0.1, -0.05) is 24.6 Å². The molecule has 1 heterocycles. The molecule has 0 aromatic heterocycles. The molecule has 1 saturated heterocycles. The van der Waals surface area contributed by atoms with E-state index in [1.54, 1.807) is 0 Å². The van der Waals surface area contributed by atoms with Crippen LogP contribution in [0.1, 0.15) is 35.2 Å². The quantitative estimate of drug-likeness (QED) is 0.638. The first-order valence-corrected chi connectivity index (χ1v) is 7.40. The first kappa shape index (κ1) is 15.0. The highest BCUT2D eigenvalue weighted by molar-refractivity contribution is 5.90. The lowest BCUT2D eigenvalue weighted by molar-refractivity contribution is 0.0599. The number of nitrogens with zero attached hydrogens (tertiary/aromatic N) is 1. The second-order valence-corrected chi connectivity index (χ2v) is 5.23. The summed E-state index contributed by atoms with van der Waals surface area (Å²) in [7, 11) is 1.42. The fraction of sp³-hybridized carbons (Fsp3) is 0.562. The van der Waals surface area contributed by atoms with Crippen LogP contribution in [0.3, 0.4) is 0 Å². The molecule has 2 rings (SSSR count). The minimum Gasteiger partial charge on any atom is -0.465 e. The number of nitrogens with one attached hydrogen (secondary N) is 1. The molecule has 0 aliphatic carbocycles. The van der Waals surface area contributed by atoms with Crippen molar-refractivity contribution in [2.24, 2.45) is 0 Å². The molecule has 0 bridgehead atoms. The number of rotatable bonds is 6. The Bertz CT molecular complexity index is 428. The molecule has 0 saturated carbocycles. The summed E-state index contributed by atoms with van der Waals surface area (Å²) in [5.41, 5.74) is 1.65. The third kappa shape index (κ3) is 4.32. The summed E-state index contributed by atoms with van der Waals surface area (Å²) < 4.78 is 4.80. The van der Waals surface area contributed by atoms with E-state index in [2.05, 4.69) is 10.2 Å². The smallest absolute Gasteiger partial charge is 0.338 e. The lowest BCUT2D eigenvalue weighted by atomic mass is 10.1. The fourth-order valence-corrected chi connectivity index (χ4v) is 2.63. The van der Waals surface area contributed by atoms with Crippen LogP contribution >= 0.6 is 0 Å². The summed E-state index contributed by atoms with van der Waals surface area (Å²) in [6.07, 6.45) is 4.02. The van der Waals surface area contributed by atoms with Gasteiger partial charge in [0.2, 0.25) is 0 Å². The zero-order chi connectivity index (χ0) is 14.2. The average molecular weight is 276 g/mol. The Balaban J connectivity index is 1.77. The van der Waals surface area contributed by atoms with Crippen molar-refractivity contribution in [3.8, 4) is 0 Å². The van der Waals surface area contributed by atoms with E-state index < -0.39 is 0 Å². The number of methoxy groups -OCH3 is 1. The topological polar surface area (TPSA) is 41.6 Å². The van der Waals surface area contributed by atoms with Gasteiger partial charge in [0.05, 0.1) is 12.7 Å². The van der Waals surface area contributed by atoms with Gasteiger partial charge < -0.3 is 15.0 Å². The van der Waals surface area contributed by atoms with Crippen LogP contribution in [0.2, 0.25) is 0 Å². The van der Waals surface area contributed by atoms with E-state index >= 15 is 0 Å². The van der Waals surface area contributed by atoms with E-state index in [0.29, 0.717) is 12.1 Å². The molecule has 20 heavy (non-hydrogen) atoms. The van der Waals surface area contributed by atoms with Crippen LogP contribution in [0.15, 0.2) is 24.3 Å². The molecular formula is C16H24N2O2. The number of hydrogen-bond donors (Lipinski definition) is 1. The van der Waals surface area contributed by atoms with E-state index in [-0.39, 0.29) is 5.97 Å². The molecule has 4 nitrogen and oxygen atoms in total. The molecule has 0 radical (unpaired) electrons. The van der Waals surface area contributed by atoms with Crippen molar-refractivity contribution < 1.29 is 9.53 Å². The number of ether oxygens (including phenoxy) is 1. The van der Waals surface area contributed by atoms with Gasteiger partial charge >= 0.3 is 5.97 Å². The molecule has 1 aliphatic heterocycles. The molecule has 0 spiro atoms. The zero-order valence-electron chi connectivity index (χ0n) is 12.2. The van der Waals surface area contributed by atoms with Gasteiger partial charge in [0.25, 0.3) is 0 Å². The number of piperidine rings is 1. The lowest BCUT2D eigenvalue weighted by Crippen LogP contribution is -2.35. The Labute approximate surface area is 121 Å². The summed E-state index contributed by atoms with van der Waals surface area (Å²) in [6, 6.07) is 7.60. The normalized spacial score (nSPS) is 16.1. The predicted molar refractivity (Wildman–Crippen MR) is 79.8 cm³/mol. The molecule has 1 aromatic carbocycles. The molecule has 0 unspecified atom stereocenters. The van der Waals surface area contributed by atoms with Gasteiger partial charge in [-0.3, -0.25) is 0 Å². The van der Waals surface area contributed by atoms with Gasteiger partial charge in [0.1, 0.15) is 0 Å². The monoisotopic (exact) mass is 276 g/mol. The summed E-state index contributed by atoms with van der Waals surface area (Å²) in [5, 5.41) is 3.42. The Morgan fingerprint density at radius 2 is 2.00 bits per heavy atom. The van der Waals surface area contributed by atoms with Crippen molar-refractivity contribution in [1.82, 2.24) is 10.2 Å². The zero-order valence-corrected chi connectivity index (χ0v) is 12.2. The molecule has 0 atom stereocenters. The van der Waals surface area contributed by atoms with E-state index in [0.717, 1.165) is 18.7 Å². The first-order valence-electron chi connectivity index (χ1n) is 7.40. The maximum atomic E-state index is 11.7. The SMILES string of the molecule is COC(=O)c1ccccc1CNCCN1CCCCC1. The summed E-state index contributed by atoms with van der Waals surface area (Å²) in [5.74, 6) is -0.265. The number of carbonyl (C=O) groups excluding carboxylic acids is 1. The molecule has 1 N–H and O–H groups in total. The highest BCUT2D eigenvalue weighted by Gasteiger charge is 2.11. The van der Waals surface area contributed by atoms with Gasteiger partial charge in [0, 0.05) is 19.6 Å². The minimum absolute atomic E-state index is 0.265. The van der Waals surface area contributed by atoms with Crippen molar-refractivity contribution in [3.63, 3.8) is 0 Å². The van der Waals surface area contributed by atoms with E-state index in [1.807, 2.05) is 24.3 Å². The maximum absolute atomic E-state index is 11.7. The highest BCUT2D eigenvalue weighted by Crippen LogP contribution is 2.10. The number of likely N-dealkylation sites (tertiary alicyclic amines) is 1. The van der Waals surface area contributed by atoms with Crippen LogP contribution in [-0.2, 0) is 11.3 Å². The van der Waals surface area contributed by atoms with Gasteiger partial charge in [-0.2, -0.15) is 0 Å². The van der Waals surface area contributed by atoms with E-state index in [9.17, 15) is 4.79 Å². The Kier molecular flexibility index (Phi) is 6.02. The van der Waals surface area contributed by atoms with Crippen molar-refractivity contribution in [2.45, 2.75) is 25.8 Å². The van der Waals surface area contributed by atoms with Crippen LogP contribution < -0.4 is 5.32 Å². The fourth-order valence-electron chi connectivity index (χ4n) is 2.63. The Morgan fingerprint density at radius 1 is 1.25 bits per heavy atom. The van der Waals surface area contributed by atoms with Gasteiger partial charge in [-0.15, -0.1) is 0 Å². The molecule has 1 fully saturated rings. The third-order valence-electron chi connectivity index (χ3n) is 3.79. The van der Waals surface area contributed by atoms with Crippen LogP contribution in [0.4, 0.5) is 0 Å². The number of benzene rings is 1. The van der Waals surface area contributed by atoms with Crippen LogP contribution in [-0.4, -0.2) is 44.2 Å². The number of carbonyl (C=O) groups is 1. The van der Waals surface area contributed by atoms with Crippen molar-refractivity contribution >= 4 is 5.97 Å². The van der Waals surface area contributed by atoms with Crippen molar-refractivity contribution in [3.05, 3.63) is 35.4 Å². The number of hydrogen-bond acceptors (Lipinski definition) is 4. The third-order valence-corrected chi connectivity index (χ3v) is 3.79. The number of esters is 1. The molecule has 110 valence electrons. The van der Waals surface area contributed by atoms with Crippen LogP contribution in [0, 0.1) is 0 Å². The summed E-state index contributed by atoms with van der Waals surface area (Å²) in [6.45, 7) is 5.19. The summed E-state index contributed by atoms with van der Waals surface area (Å²) >= 11 is 0. The molecule has 4 heteroatoms. The Morgan fingerprint density at radius 3 is 2.75 bits per heavy atom. The van der Waals surface area contributed by atoms with Gasteiger partial charge in [0.15, 0.2) is 0 Å². The van der Waals surface area contributed by atoms with E-state index in [4.69, 9.17) is 4.74 Å². The van der Waals surface area contributed by atoms with E-state index in [1.165, 1.54) is 39.5 Å². The highest BCUT2D eigenvalue weighted by atomic mass is 16.5. The minimum atomic E-state index is -0.265. The molecular weight excluding hydrogens is 252 g/mol. The Hall–Kier alpha value is -1.39. The van der Waals surface area contributed by atoms with Gasteiger partial charge in [-0.05, 0) is 37.6 Å². The van der Waals surface area contributed by atoms with Crippen molar-refractivity contribution in [2.75, 3.05) is 33.3 Å². The largest absolute Gasteiger partial charge is 0.465 e. The predicted octanol–water partition coefficient (Wildman–Crippen LogP) is 2.05. The molecule has 1 aliphatic rings.